The van der Waals surface area contributed by atoms with Crippen molar-refractivity contribution >= 4 is 17.7 Å². The van der Waals surface area contributed by atoms with Crippen LogP contribution < -0.4 is 10.9 Å². The van der Waals surface area contributed by atoms with E-state index in [0.29, 0.717) is 11.4 Å². The van der Waals surface area contributed by atoms with Crippen LogP contribution >= 0.6 is 0 Å². The second kappa shape index (κ2) is 5.91. The third-order valence-corrected chi connectivity index (χ3v) is 5.21. The Morgan fingerprint density at radius 1 is 1.12 bits per heavy atom. The SMILES string of the molecule is O=C1C[C@H](c2ccc(C(=O)O)cc2)c2c(n(C3CCCC3)[nH]c2=O)N1. The van der Waals surface area contributed by atoms with E-state index >= 15 is 0 Å². The van der Waals surface area contributed by atoms with Crippen molar-refractivity contribution in [2.75, 3.05) is 5.32 Å². The molecule has 3 N–H and O–H groups in total. The highest BCUT2D eigenvalue weighted by molar-refractivity contribution is 5.94. The fourth-order valence-corrected chi connectivity index (χ4v) is 3.96. The highest BCUT2D eigenvalue weighted by Gasteiger charge is 2.34. The third-order valence-electron chi connectivity index (χ3n) is 5.21. The molecule has 0 spiro atoms. The molecule has 0 bridgehead atoms. The van der Waals surface area contributed by atoms with Crippen molar-refractivity contribution in [1.29, 1.82) is 0 Å². The van der Waals surface area contributed by atoms with Gasteiger partial charge >= 0.3 is 5.97 Å². The largest absolute Gasteiger partial charge is 0.478 e. The number of carbonyl (C=O) groups is 2. The third kappa shape index (κ3) is 2.65. The maximum Gasteiger partial charge on any atom is 0.335 e. The number of fused-ring (bicyclic) bond motifs is 1. The summed E-state index contributed by atoms with van der Waals surface area (Å²) in [6.07, 6.45) is 4.40. The Morgan fingerprint density at radius 3 is 2.44 bits per heavy atom. The van der Waals surface area contributed by atoms with Crippen LogP contribution in [0.15, 0.2) is 29.1 Å². The van der Waals surface area contributed by atoms with Gasteiger partial charge < -0.3 is 10.4 Å². The zero-order chi connectivity index (χ0) is 17.6. The van der Waals surface area contributed by atoms with E-state index in [2.05, 4.69) is 10.4 Å². The standard InChI is InChI=1S/C18H19N3O4/c22-14-9-13(10-5-7-11(8-6-10)18(24)25)15-16(19-14)21(20-17(15)23)12-3-1-2-4-12/h5-8,12-13H,1-4,9H2,(H,19,22)(H,20,23)(H,24,25)/t13-/m1/s1. The lowest BCUT2D eigenvalue weighted by Gasteiger charge is -2.25. The second-order valence-electron chi connectivity index (χ2n) is 6.74. The Morgan fingerprint density at radius 2 is 1.80 bits per heavy atom. The van der Waals surface area contributed by atoms with Crippen molar-refractivity contribution in [3.63, 3.8) is 0 Å². The topological polar surface area (TPSA) is 104 Å². The number of nitrogens with zero attached hydrogens (tertiary/aromatic N) is 1. The quantitative estimate of drug-likeness (QED) is 0.797. The van der Waals surface area contributed by atoms with E-state index < -0.39 is 5.97 Å². The molecule has 130 valence electrons. The van der Waals surface area contributed by atoms with E-state index in [4.69, 9.17) is 5.11 Å². The van der Waals surface area contributed by atoms with Gasteiger partial charge in [0.15, 0.2) is 0 Å². The summed E-state index contributed by atoms with van der Waals surface area (Å²) in [5.41, 5.74) is 1.33. The van der Waals surface area contributed by atoms with Gasteiger partial charge in [0.1, 0.15) is 5.82 Å². The summed E-state index contributed by atoms with van der Waals surface area (Å²) >= 11 is 0. The number of aromatic nitrogens is 2. The molecule has 7 heteroatoms. The number of amides is 1. The summed E-state index contributed by atoms with van der Waals surface area (Å²) in [6.45, 7) is 0. The lowest BCUT2D eigenvalue weighted by Crippen LogP contribution is -2.27. The molecule has 2 aliphatic rings. The van der Waals surface area contributed by atoms with Gasteiger partial charge in [0.2, 0.25) is 5.91 Å². The molecule has 1 fully saturated rings. The molecule has 2 heterocycles. The number of carboxylic acids is 1. The molecule has 1 aromatic carbocycles. The van der Waals surface area contributed by atoms with Crippen molar-refractivity contribution < 1.29 is 14.7 Å². The van der Waals surface area contributed by atoms with Crippen molar-refractivity contribution in [3.8, 4) is 0 Å². The minimum Gasteiger partial charge on any atom is -0.478 e. The van der Waals surface area contributed by atoms with Gasteiger partial charge in [0, 0.05) is 12.3 Å². The number of carbonyl (C=O) groups excluding carboxylic acids is 1. The van der Waals surface area contributed by atoms with Gasteiger partial charge in [-0.05, 0) is 30.5 Å². The van der Waals surface area contributed by atoms with Gasteiger partial charge in [0.25, 0.3) is 5.56 Å². The fourth-order valence-electron chi connectivity index (χ4n) is 3.96. The first-order valence-corrected chi connectivity index (χ1v) is 8.52. The maximum absolute atomic E-state index is 12.6. The number of aromatic amines is 1. The molecule has 25 heavy (non-hydrogen) atoms. The van der Waals surface area contributed by atoms with Crippen LogP contribution in [0.1, 0.15) is 65.5 Å². The number of hydrogen-bond donors (Lipinski definition) is 3. The Bertz CT molecular complexity index is 888. The van der Waals surface area contributed by atoms with E-state index in [1.807, 2.05) is 4.68 Å². The monoisotopic (exact) mass is 341 g/mol. The van der Waals surface area contributed by atoms with Crippen molar-refractivity contribution in [2.24, 2.45) is 0 Å². The predicted octanol–water partition coefficient (Wildman–Crippen LogP) is 2.46. The number of benzene rings is 1. The van der Waals surface area contributed by atoms with Crippen LogP contribution in [-0.4, -0.2) is 26.8 Å². The lowest BCUT2D eigenvalue weighted by molar-refractivity contribution is -0.116. The average Bonchev–Trinajstić information content (AvgIpc) is 3.22. The van der Waals surface area contributed by atoms with Crippen molar-refractivity contribution in [3.05, 3.63) is 51.3 Å². The molecule has 7 nitrogen and oxygen atoms in total. The molecule has 0 radical (unpaired) electrons. The molecule has 1 aromatic heterocycles. The lowest BCUT2D eigenvalue weighted by atomic mass is 9.87. The molecule has 4 rings (SSSR count). The Kier molecular flexibility index (Phi) is 3.71. The molecular formula is C18H19N3O4. The Hall–Kier alpha value is -2.83. The average molecular weight is 341 g/mol. The zero-order valence-electron chi connectivity index (χ0n) is 13.6. The van der Waals surface area contributed by atoms with E-state index in [0.717, 1.165) is 31.2 Å². The molecule has 2 aromatic rings. The van der Waals surface area contributed by atoms with E-state index in [9.17, 15) is 14.4 Å². The van der Waals surface area contributed by atoms with Crippen LogP contribution in [0, 0.1) is 0 Å². The minimum absolute atomic E-state index is 0.134. The van der Waals surface area contributed by atoms with Crippen LogP contribution in [0.3, 0.4) is 0 Å². The van der Waals surface area contributed by atoms with Gasteiger partial charge in [-0.3, -0.25) is 19.4 Å². The fraction of sp³-hybridized carbons (Fsp3) is 0.389. The number of nitrogens with one attached hydrogen (secondary N) is 2. The van der Waals surface area contributed by atoms with Crippen molar-refractivity contribution in [2.45, 2.75) is 44.1 Å². The summed E-state index contributed by atoms with van der Waals surface area (Å²) in [6, 6.07) is 6.59. The summed E-state index contributed by atoms with van der Waals surface area (Å²) in [5.74, 6) is -0.928. The predicted molar refractivity (Wildman–Crippen MR) is 91.0 cm³/mol. The molecule has 1 aliphatic carbocycles. The minimum atomic E-state index is -1.00. The van der Waals surface area contributed by atoms with Gasteiger partial charge in [-0.25, -0.2) is 4.79 Å². The van der Waals surface area contributed by atoms with Gasteiger partial charge in [-0.15, -0.1) is 0 Å². The molecular weight excluding hydrogens is 322 g/mol. The summed E-state index contributed by atoms with van der Waals surface area (Å²) in [4.78, 5) is 35.8. The molecule has 1 aliphatic heterocycles. The van der Waals surface area contributed by atoms with E-state index in [-0.39, 0.29) is 35.4 Å². The highest BCUT2D eigenvalue weighted by atomic mass is 16.4. The van der Waals surface area contributed by atoms with Crippen LogP contribution in [0.25, 0.3) is 0 Å². The first kappa shape index (κ1) is 15.7. The second-order valence-corrected chi connectivity index (χ2v) is 6.74. The number of hydrogen-bond acceptors (Lipinski definition) is 3. The summed E-state index contributed by atoms with van der Waals surface area (Å²) in [7, 11) is 0. The van der Waals surface area contributed by atoms with Gasteiger partial charge in [0.05, 0.1) is 17.2 Å². The molecule has 0 saturated heterocycles. The van der Waals surface area contributed by atoms with Gasteiger partial charge in [-0.2, -0.15) is 0 Å². The smallest absolute Gasteiger partial charge is 0.335 e. The summed E-state index contributed by atoms with van der Waals surface area (Å²) < 4.78 is 1.82. The molecule has 1 saturated carbocycles. The van der Waals surface area contributed by atoms with Crippen LogP contribution in [0.4, 0.5) is 5.82 Å². The number of H-pyrrole nitrogens is 1. The Balaban J connectivity index is 1.78. The maximum atomic E-state index is 12.6. The molecule has 1 atom stereocenters. The van der Waals surface area contributed by atoms with Crippen LogP contribution in [0.5, 0.6) is 0 Å². The van der Waals surface area contributed by atoms with E-state index in [1.54, 1.807) is 12.1 Å². The number of aromatic carboxylic acids is 1. The molecule has 1 amide bonds. The number of anilines is 1. The Labute approximate surface area is 143 Å². The summed E-state index contributed by atoms with van der Waals surface area (Å²) in [5, 5.41) is 14.8. The van der Waals surface area contributed by atoms with Crippen LogP contribution in [0.2, 0.25) is 0 Å². The van der Waals surface area contributed by atoms with Gasteiger partial charge in [-0.1, -0.05) is 25.0 Å². The van der Waals surface area contributed by atoms with E-state index in [1.165, 1.54) is 12.1 Å². The number of rotatable bonds is 3. The zero-order valence-corrected chi connectivity index (χ0v) is 13.6. The number of carboxylic acid groups (broad SMARTS) is 1. The molecule has 0 unspecified atom stereocenters. The normalized spacial score (nSPS) is 20.3. The highest BCUT2D eigenvalue weighted by Crippen LogP contribution is 2.38. The van der Waals surface area contributed by atoms with Crippen molar-refractivity contribution in [1.82, 2.24) is 9.78 Å². The first-order valence-electron chi connectivity index (χ1n) is 8.52. The van der Waals surface area contributed by atoms with Crippen LogP contribution in [-0.2, 0) is 4.79 Å². The first-order chi connectivity index (χ1) is 12.0.